The third kappa shape index (κ3) is 4.49. The molecule has 138 valence electrons. The molecule has 1 aromatic carbocycles. The molecule has 1 saturated carbocycles. The second-order valence-corrected chi connectivity index (χ2v) is 6.96. The molecule has 0 saturated heterocycles. The van der Waals surface area contributed by atoms with Gasteiger partial charge < -0.3 is 5.32 Å². The smallest absolute Gasteiger partial charge is 0.253 e. The van der Waals surface area contributed by atoms with Crippen molar-refractivity contribution in [2.75, 3.05) is 6.54 Å². The summed E-state index contributed by atoms with van der Waals surface area (Å²) in [6.07, 6.45) is 5.95. The van der Waals surface area contributed by atoms with Crippen LogP contribution in [0.5, 0.6) is 0 Å². The lowest BCUT2D eigenvalue weighted by molar-refractivity contribution is -0.120. The molecule has 1 amide bonds. The van der Waals surface area contributed by atoms with Crippen LogP contribution in [0, 0.1) is 5.82 Å². The van der Waals surface area contributed by atoms with Gasteiger partial charge in [-0.15, -0.1) is 0 Å². The highest BCUT2D eigenvalue weighted by Crippen LogP contribution is 2.32. The number of carbonyl (C=O) groups excluding carboxylic acids is 1. The third-order valence-electron chi connectivity index (χ3n) is 4.75. The first-order valence-corrected chi connectivity index (χ1v) is 9.18. The van der Waals surface area contributed by atoms with Gasteiger partial charge in [0.1, 0.15) is 5.82 Å². The van der Waals surface area contributed by atoms with Gasteiger partial charge in [-0.3, -0.25) is 14.2 Å². The largest absolute Gasteiger partial charge is 0.354 e. The summed E-state index contributed by atoms with van der Waals surface area (Å²) in [5, 5.41) is 2.90. The number of rotatable bonds is 6. The molecule has 0 radical (unpaired) electrons. The summed E-state index contributed by atoms with van der Waals surface area (Å²) in [5.74, 6) is -0.460. The SMILES string of the molecule is O=C(Cc1c(F)cccc1Cl)NCCn1cnc(C2CCCC2)cc1=O. The Bertz CT molecular complexity index is 827. The number of halogens is 2. The fourth-order valence-corrected chi connectivity index (χ4v) is 3.52. The predicted octanol–water partition coefficient (Wildman–Crippen LogP) is 3.05. The molecule has 0 aliphatic heterocycles. The van der Waals surface area contributed by atoms with E-state index in [1.165, 1.54) is 35.9 Å². The number of nitrogens with zero attached hydrogens (tertiary/aromatic N) is 2. The van der Waals surface area contributed by atoms with E-state index in [1.807, 2.05) is 0 Å². The number of amides is 1. The van der Waals surface area contributed by atoms with Crippen LogP contribution in [0.1, 0.15) is 42.9 Å². The minimum absolute atomic E-state index is 0.117. The number of aromatic nitrogens is 2. The monoisotopic (exact) mass is 377 g/mol. The van der Waals surface area contributed by atoms with Crippen LogP contribution in [-0.4, -0.2) is 22.0 Å². The van der Waals surface area contributed by atoms with E-state index in [0.717, 1.165) is 18.5 Å². The Labute approximate surface area is 156 Å². The quantitative estimate of drug-likeness (QED) is 0.841. The van der Waals surface area contributed by atoms with Crippen LogP contribution in [0.2, 0.25) is 5.02 Å². The topological polar surface area (TPSA) is 64.0 Å². The van der Waals surface area contributed by atoms with Gasteiger partial charge in [0, 0.05) is 35.7 Å². The van der Waals surface area contributed by atoms with Gasteiger partial charge in [-0.25, -0.2) is 9.37 Å². The third-order valence-corrected chi connectivity index (χ3v) is 5.10. The Balaban J connectivity index is 1.53. The molecule has 2 aromatic rings. The van der Waals surface area contributed by atoms with Crippen LogP contribution in [0.3, 0.4) is 0 Å². The summed E-state index contributed by atoms with van der Waals surface area (Å²) in [5.41, 5.74) is 0.918. The molecule has 1 aliphatic carbocycles. The lowest BCUT2D eigenvalue weighted by atomic mass is 10.0. The fourth-order valence-electron chi connectivity index (χ4n) is 3.29. The molecule has 0 atom stereocenters. The van der Waals surface area contributed by atoms with Crippen molar-refractivity contribution >= 4 is 17.5 Å². The summed E-state index contributed by atoms with van der Waals surface area (Å²) in [6, 6.07) is 5.90. The number of carbonyl (C=O) groups is 1. The van der Waals surface area contributed by atoms with E-state index in [2.05, 4.69) is 10.3 Å². The molecule has 1 fully saturated rings. The fraction of sp³-hybridized carbons (Fsp3) is 0.421. The Morgan fingerprint density at radius 3 is 2.81 bits per heavy atom. The van der Waals surface area contributed by atoms with Crippen LogP contribution in [-0.2, 0) is 17.8 Å². The first kappa shape index (κ1) is 18.6. The number of hydrogen-bond acceptors (Lipinski definition) is 3. The van der Waals surface area contributed by atoms with E-state index >= 15 is 0 Å². The van der Waals surface area contributed by atoms with Crippen molar-refractivity contribution in [3.05, 3.63) is 63.0 Å². The van der Waals surface area contributed by atoms with Crippen molar-refractivity contribution in [3.63, 3.8) is 0 Å². The molecule has 3 rings (SSSR count). The van der Waals surface area contributed by atoms with Crippen LogP contribution >= 0.6 is 11.6 Å². The highest BCUT2D eigenvalue weighted by molar-refractivity contribution is 6.31. The Morgan fingerprint density at radius 1 is 1.35 bits per heavy atom. The molecule has 26 heavy (non-hydrogen) atoms. The first-order valence-electron chi connectivity index (χ1n) is 8.80. The lowest BCUT2D eigenvalue weighted by Crippen LogP contribution is -2.32. The maximum Gasteiger partial charge on any atom is 0.253 e. The molecular formula is C19H21ClFN3O2. The molecule has 0 bridgehead atoms. The van der Waals surface area contributed by atoms with Crippen LogP contribution in [0.4, 0.5) is 4.39 Å². The molecule has 7 heteroatoms. The molecule has 0 spiro atoms. The van der Waals surface area contributed by atoms with E-state index in [1.54, 1.807) is 12.1 Å². The summed E-state index contributed by atoms with van der Waals surface area (Å²) in [6.45, 7) is 0.572. The zero-order valence-corrected chi connectivity index (χ0v) is 15.1. The van der Waals surface area contributed by atoms with Crippen LogP contribution in [0.15, 0.2) is 35.4 Å². The van der Waals surface area contributed by atoms with Crippen molar-refractivity contribution in [3.8, 4) is 0 Å². The molecular weight excluding hydrogens is 357 g/mol. The summed E-state index contributed by atoms with van der Waals surface area (Å²) < 4.78 is 15.2. The first-order chi connectivity index (χ1) is 12.5. The predicted molar refractivity (Wildman–Crippen MR) is 97.8 cm³/mol. The van der Waals surface area contributed by atoms with Crippen LogP contribution in [0.25, 0.3) is 0 Å². The van der Waals surface area contributed by atoms with E-state index in [4.69, 9.17) is 11.6 Å². The van der Waals surface area contributed by atoms with E-state index in [0.29, 0.717) is 12.5 Å². The normalized spacial score (nSPS) is 14.5. The van der Waals surface area contributed by atoms with Gasteiger partial charge in [0.2, 0.25) is 5.91 Å². The van der Waals surface area contributed by atoms with Gasteiger partial charge in [0.15, 0.2) is 0 Å². The maximum absolute atomic E-state index is 13.7. The van der Waals surface area contributed by atoms with Crippen molar-refractivity contribution in [2.24, 2.45) is 0 Å². The summed E-state index contributed by atoms with van der Waals surface area (Å²) >= 11 is 5.92. The minimum Gasteiger partial charge on any atom is -0.354 e. The van der Waals surface area contributed by atoms with Gasteiger partial charge in [-0.2, -0.15) is 0 Å². The molecule has 5 nitrogen and oxygen atoms in total. The van der Waals surface area contributed by atoms with Gasteiger partial charge in [-0.1, -0.05) is 30.5 Å². The highest BCUT2D eigenvalue weighted by atomic mass is 35.5. The van der Waals surface area contributed by atoms with E-state index < -0.39 is 5.82 Å². The number of benzene rings is 1. The van der Waals surface area contributed by atoms with Gasteiger partial charge in [-0.05, 0) is 25.0 Å². The van der Waals surface area contributed by atoms with Crippen molar-refractivity contribution in [1.29, 1.82) is 0 Å². The Hall–Kier alpha value is -2.21. The highest BCUT2D eigenvalue weighted by Gasteiger charge is 2.19. The van der Waals surface area contributed by atoms with E-state index in [-0.39, 0.29) is 35.0 Å². The van der Waals surface area contributed by atoms with Crippen molar-refractivity contribution < 1.29 is 9.18 Å². The van der Waals surface area contributed by atoms with E-state index in [9.17, 15) is 14.0 Å². The van der Waals surface area contributed by atoms with Gasteiger partial charge >= 0.3 is 0 Å². The van der Waals surface area contributed by atoms with Crippen molar-refractivity contribution in [1.82, 2.24) is 14.9 Å². The summed E-state index contributed by atoms with van der Waals surface area (Å²) in [4.78, 5) is 28.6. The Morgan fingerprint density at radius 2 is 2.12 bits per heavy atom. The minimum atomic E-state index is -0.504. The zero-order chi connectivity index (χ0) is 18.5. The average Bonchev–Trinajstić information content (AvgIpc) is 3.14. The van der Waals surface area contributed by atoms with Gasteiger partial charge in [0.05, 0.1) is 18.4 Å². The lowest BCUT2D eigenvalue weighted by Gasteiger charge is -2.11. The molecule has 1 N–H and O–H groups in total. The second-order valence-electron chi connectivity index (χ2n) is 6.55. The number of nitrogens with one attached hydrogen (secondary N) is 1. The summed E-state index contributed by atoms with van der Waals surface area (Å²) in [7, 11) is 0. The molecule has 1 heterocycles. The Kier molecular flexibility index (Phi) is 6.04. The zero-order valence-electron chi connectivity index (χ0n) is 14.4. The molecule has 1 aromatic heterocycles. The maximum atomic E-state index is 13.7. The van der Waals surface area contributed by atoms with Gasteiger partial charge in [0.25, 0.3) is 5.56 Å². The van der Waals surface area contributed by atoms with Crippen molar-refractivity contribution in [2.45, 2.75) is 44.6 Å². The second kappa shape index (κ2) is 8.45. The number of hydrogen-bond donors (Lipinski definition) is 1. The molecule has 1 aliphatic rings. The average molecular weight is 378 g/mol. The standard InChI is InChI=1S/C19H21ClFN3O2/c20-15-6-3-7-16(21)14(15)10-18(25)22-8-9-24-12-23-17(11-19(24)26)13-4-1-2-5-13/h3,6-7,11-13H,1-2,4-5,8-10H2,(H,22,25). The van der Waals surface area contributed by atoms with Crippen LogP contribution < -0.4 is 10.9 Å². The molecule has 0 unspecified atom stereocenters.